The van der Waals surface area contributed by atoms with Crippen molar-refractivity contribution in [3.05, 3.63) is 29.7 Å². The molecule has 0 saturated carbocycles. The van der Waals surface area contributed by atoms with E-state index in [1.807, 2.05) is 26.0 Å². The molecule has 3 heterocycles. The quantitative estimate of drug-likeness (QED) is 0.873. The summed E-state index contributed by atoms with van der Waals surface area (Å²) in [6.07, 6.45) is 1.77. The molecule has 7 heteroatoms. The molecular weight excluding hydrogens is 266 g/mol. The van der Waals surface area contributed by atoms with Crippen molar-refractivity contribution < 1.29 is 0 Å². The van der Waals surface area contributed by atoms with E-state index in [9.17, 15) is 0 Å². The number of aromatic nitrogens is 4. The predicted molar refractivity (Wildman–Crippen MR) is 82.4 cm³/mol. The van der Waals surface area contributed by atoms with Crippen molar-refractivity contribution in [2.24, 2.45) is 0 Å². The molecule has 1 aliphatic rings. The van der Waals surface area contributed by atoms with Gasteiger partial charge in [0, 0.05) is 32.4 Å². The Morgan fingerprint density at radius 1 is 1.00 bits per heavy atom. The fourth-order valence-corrected chi connectivity index (χ4v) is 2.37. The molecule has 1 fully saturated rings. The maximum Gasteiger partial charge on any atom is 0.245 e. The van der Waals surface area contributed by atoms with E-state index in [1.54, 1.807) is 6.20 Å². The molecule has 0 aromatic carbocycles. The summed E-state index contributed by atoms with van der Waals surface area (Å²) in [5.41, 5.74) is 8.50. The van der Waals surface area contributed by atoms with Crippen LogP contribution in [0, 0.1) is 13.8 Å². The number of rotatable bonds is 2. The molecule has 0 aliphatic carbocycles. The molecule has 0 unspecified atom stereocenters. The van der Waals surface area contributed by atoms with Crippen LogP contribution in [0.15, 0.2) is 18.3 Å². The Hall–Kier alpha value is -2.44. The minimum atomic E-state index is 0.701. The number of piperazine rings is 1. The number of pyridine rings is 1. The van der Waals surface area contributed by atoms with E-state index in [1.165, 1.54) is 0 Å². The highest BCUT2D eigenvalue weighted by atomic mass is 15.4. The number of hydrogen-bond acceptors (Lipinski definition) is 7. The second-order valence-electron chi connectivity index (χ2n) is 5.17. The molecule has 1 saturated heterocycles. The maximum atomic E-state index is 5.98. The molecule has 2 N–H and O–H groups in total. The highest BCUT2D eigenvalue weighted by Gasteiger charge is 2.21. The first-order valence-corrected chi connectivity index (χ1v) is 7.03. The molecule has 2 aromatic heterocycles. The monoisotopic (exact) mass is 285 g/mol. The van der Waals surface area contributed by atoms with Gasteiger partial charge in [0.1, 0.15) is 0 Å². The van der Waals surface area contributed by atoms with Gasteiger partial charge in [-0.1, -0.05) is 0 Å². The molecule has 2 aromatic rings. The summed E-state index contributed by atoms with van der Waals surface area (Å²) in [6.45, 7) is 7.23. The lowest BCUT2D eigenvalue weighted by Gasteiger charge is -2.35. The first kappa shape index (κ1) is 13.5. The Kier molecular flexibility index (Phi) is 3.55. The first-order chi connectivity index (χ1) is 10.1. The molecule has 0 radical (unpaired) electrons. The Morgan fingerprint density at radius 3 is 2.38 bits per heavy atom. The Bertz CT molecular complexity index is 635. The Labute approximate surface area is 123 Å². The second kappa shape index (κ2) is 5.51. The van der Waals surface area contributed by atoms with Crippen molar-refractivity contribution in [3.8, 4) is 0 Å². The molecule has 0 spiro atoms. The van der Waals surface area contributed by atoms with Crippen molar-refractivity contribution in [2.45, 2.75) is 13.8 Å². The van der Waals surface area contributed by atoms with Crippen LogP contribution in [-0.4, -0.2) is 46.3 Å². The number of nitrogens with two attached hydrogens (primary N) is 1. The Balaban J connectivity index is 1.70. The molecule has 7 nitrogen and oxygen atoms in total. The van der Waals surface area contributed by atoms with Gasteiger partial charge >= 0.3 is 0 Å². The topological polar surface area (TPSA) is 84.1 Å². The Morgan fingerprint density at radius 2 is 1.71 bits per heavy atom. The van der Waals surface area contributed by atoms with E-state index in [0.717, 1.165) is 49.1 Å². The fourth-order valence-electron chi connectivity index (χ4n) is 2.37. The molecular formula is C14H19N7. The average Bonchev–Trinajstić information content (AvgIpc) is 2.51. The van der Waals surface area contributed by atoms with Crippen LogP contribution in [0.2, 0.25) is 0 Å². The van der Waals surface area contributed by atoms with Crippen LogP contribution in [-0.2, 0) is 0 Å². The van der Waals surface area contributed by atoms with Crippen LogP contribution in [0.4, 0.5) is 17.5 Å². The molecule has 1 aliphatic heterocycles. The van der Waals surface area contributed by atoms with Crippen LogP contribution in [0.25, 0.3) is 0 Å². The lowest BCUT2D eigenvalue weighted by Crippen LogP contribution is -2.47. The molecule has 0 bridgehead atoms. The lowest BCUT2D eigenvalue weighted by atomic mass is 10.3. The molecule has 110 valence electrons. The minimum Gasteiger partial charge on any atom is -0.396 e. The van der Waals surface area contributed by atoms with E-state index < -0.39 is 0 Å². The van der Waals surface area contributed by atoms with Gasteiger partial charge in [-0.3, -0.25) is 0 Å². The van der Waals surface area contributed by atoms with Crippen LogP contribution in [0.1, 0.15) is 11.4 Å². The largest absolute Gasteiger partial charge is 0.396 e. The lowest BCUT2D eigenvalue weighted by molar-refractivity contribution is 0.628. The van der Waals surface area contributed by atoms with E-state index in [2.05, 4.69) is 30.0 Å². The van der Waals surface area contributed by atoms with Gasteiger partial charge in [0.15, 0.2) is 5.82 Å². The van der Waals surface area contributed by atoms with Gasteiger partial charge in [0.2, 0.25) is 5.95 Å². The van der Waals surface area contributed by atoms with Gasteiger partial charge < -0.3 is 15.5 Å². The number of hydrogen-bond donors (Lipinski definition) is 1. The smallest absolute Gasteiger partial charge is 0.245 e. The van der Waals surface area contributed by atoms with Gasteiger partial charge in [0.05, 0.1) is 17.1 Å². The molecule has 0 atom stereocenters. The highest BCUT2D eigenvalue weighted by Crippen LogP contribution is 2.21. The van der Waals surface area contributed by atoms with Gasteiger partial charge in [-0.2, -0.15) is 5.10 Å². The van der Waals surface area contributed by atoms with Gasteiger partial charge in [-0.05, 0) is 26.0 Å². The third kappa shape index (κ3) is 2.72. The van der Waals surface area contributed by atoms with E-state index in [4.69, 9.17) is 5.73 Å². The number of aryl methyl sites for hydroxylation is 2. The normalized spacial score (nSPS) is 15.3. The van der Waals surface area contributed by atoms with Crippen LogP contribution >= 0.6 is 0 Å². The van der Waals surface area contributed by atoms with Crippen molar-refractivity contribution in [3.63, 3.8) is 0 Å². The van der Waals surface area contributed by atoms with Crippen LogP contribution in [0.5, 0.6) is 0 Å². The van der Waals surface area contributed by atoms with Crippen molar-refractivity contribution in [1.29, 1.82) is 0 Å². The zero-order chi connectivity index (χ0) is 14.8. The average molecular weight is 285 g/mol. The first-order valence-electron chi connectivity index (χ1n) is 7.03. The van der Waals surface area contributed by atoms with Crippen molar-refractivity contribution in [2.75, 3.05) is 41.7 Å². The standard InChI is InChI=1S/C14H19N7/c1-10-11(2)18-19-14(17-10)21-8-6-20(7-9-21)13-12(15)4-3-5-16-13/h3-5H,6-9,15H2,1-2H3. The van der Waals surface area contributed by atoms with E-state index in [-0.39, 0.29) is 0 Å². The number of nitrogens with zero attached hydrogens (tertiary/aromatic N) is 6. The summed E-state index contributed by atoms with van der Waals surface area (Å²) >= 11 is 0. The minimum absolute atomic E-state index is 0.701. The summed E-state index contributed by atoms with van der Waals surface area (Å²) in [6, 6.07) is 3.73. The SMILES string of the molecule is Cc1nnc(N2CCN(c3ncccc3N)CC2)nc1C. The third-order valence-electron chi connectivity index (χ3n) is 3.76. The van der Waals surface area contributed by atoms with E-state index in [0.29, 0.717) is 5.95 Å². The van der Waals surface area contributed by atoms with E-state index >= 15 is 0 Å². The zero-order valence-electron chi connectivity index (χ0n) is 12.3. The maximum absolute atomic E-state index is 5.98. The third-order valence-corrected chi connectivity index (χ3v) is 3.76. The van der Waals surface area contributed by atoms with Gasteiger partial charge in [-0.25, -0.2) is 9.97 Å². The number of nitrogen functional groups attached to an aromatic ring is 1. The van der Waals surface area contributed by atoms with Crippen LogP contribution < -0.4 is 15.5 Å². The summed E-state index contributed by atoms with van der Waals surface area (Å²) < 4.78 is 0. The predicted octanol–water partition coefficient (Wildman–Crippen LogP) is 0.792. The number of anilines is 3. The second-order valence-corrected chi connectivity index (χ2v) is 5.17. The summed E-state index contributed by atoms with van der Waals surface area (Å²) in [7, 11) is 0. The summed E-state index contributed by atoms with van der Waals surface area (Å²) in [4.78, 5) is 13.2. The van der Waals surface area contributed by atoms with Gasteiger partial charge in [0.25, 0.3) is 0 Å². The van der Waals surface area contributed by atoms with Crippen molar-refractivity contribution >= 4 is 17.5 Å². The van der Waals surface area contributed by atoms with Crippen LogP contribution in [0.3, 0.4) is 0 Å². The van der Waals surface area contributed by atoms with Gasteiger partial charge in [-0.15, -0.1) is 5.10 Å². The summed E-state index contributed by atoms with van der Waals surface area (Å²) in [5, 5.41) is 8.33. The molecule has 21 heavy (non-hydrogen) atoms. The highest BCUT2D eigenvalue weighted by molar-refractivity contribution is 5.62. The molecule has 0 amide bonds. The molecule has 3 rings (SSSR count). The fraction of sp³-hybridized carbons (Fsp3) is 0.429. The zero-order valence-corrected chi connectivity index (χ0v) is 12.3. The van der Waals surface area contributed by atoms with Crippen molar-refractivity contribution in [1.82, 2.24) is 20.2 Å². The summed E-state index contributed by atoms with van der Waals surface area (Å²) in [5.74, 6) is 1.56.